The Morgan fingerprint density at radius 1 is 0.944 bits per heavy atom. The molecule has 36 heavy (non-hydrogen) atoms. The van der Waals surface area contributed by atoms with E-state index in [0.29, 0.717) is 76.6 Å². The number of benzene rings is 1. The number of anilines is 2. The van der Waals surface area contributed by atoms with E-state index in [9.17, 15) is 9.59 Å². The summed E-state index contributed by atoms with van der Waals surface area (Å²) in [7, 11) is 0. The molecule has 0 spiro atoms. The third-order valence-corrected chi connectivity index (χ3v) is 5.54. The van der Waals surface area contributed by atoms with Gasteiger partial charge in [0, 0.05) is 35.4 Å². The summed E-state index contributed by atoms with van der Waals surface area (Å²) < 4.78 is 21.4. The molecule has 0 aliphatic rings. The van der Waals surface area contributed by atoms with Crippen molar-refractivity contribution >= 4 is 34.0 Å². The number of rotatable bonds is 19. The normalized spacial score (nSPS) is 10.9. The zero-order valence-electron chi connectivity index (χ0n) is 21.0. The first-order valence-electron chi connectivity index (χ1n) is 11.9. The highest BCUT2D eigenvalue weighted by molar-refractivity contribution is 7.15. The first-order valence-corrected chi connectivity index (χ1v) is 12.7. The van der Waals surface area contributed by atoms with Crippen LogP contribution in [0.2, 0.25) is 0 Å². The van der Waals surface area contributed by atoms with E-state index < -0.39 is 0 Å². The van der Waals surface area contributed by atoms with Crippen molar-refractivity contribution in [3.63, 3.8) is 0 Å². The molecule has 0 bridgehead atoms. The number of carbonyl (C=O) groups is 2. The molecule has 1 heterocycles. The SMILES string of the molecule is Cc1cnc(NC(=O)c2ccc(NCC(=O)NCCOCCOCCOCCOCCN)cc2C)s1. The molecule has 0 saturated carbocycles. The number of thiazole rings is 1. The molecule has 2 aromatic rings. The van der Waals surface area contributed by atoms with Gasteiger partial charge in [0.1, 0.15) is 0 Å². The predicted octanol–water partition coefficient (Wildman–Crippen LogP) is 1.57. The van der Waals surface area contributed by atoms with Crippen LogP contribution in [0.5, 0.6) is 0 Å². The van der Waals surface area contributed by atoms with E-state index >= 15 is 0 Å². The molecular weight excluding hydrogens is 486 g/mol. The molecule has 0 unspecified atom stereocenters. The molecule has 0 fully saturated rings. The quantitative estimate of drug-likeness (QED) is 0.202. The number of ether oxygens (including phenoxy) is 4. The van der Waals surface area contributed by atoms with Crippen molar-refractivity contribution in [1.29, 1.82) is 0 Å². The molecule has 0 saturated heterocycles. The summed E-state index contributed by atoms with van der Waals surface area (Å²) in [4.78, 5) is 29.7. The van der Waals surface area contributed by atoms with Crippen LogP contribution in [0.3, 0.4) is 0 Å². The second-order valence-corrected chi connectivity index (χ2v) is 8.94. The van der Waals surface area contributed by atoms with Gasteiger partial charge in [-0.3, -0.25) is 14.9 Å². The Balaban J connectivity index is 1.50. The van der Waals surface area contributed by atoms with E-state index in [0.717, 1.165) is 16.1 Å². The van der Waals surface area contributed by atoms with Crippen LogP contribution in [0, 0.1) is 13.8 Å². The van der Waals surface area contributed by atoms with Crippen LogP contribution < -0.4 is 21.7 Å². The van der Waals surface area contributed by atoms with Gasteiger partial charge in [-0.25, -0.2) is 4.98 Å². The van der Waals surface area contributed by atoms with Gasteiger partial charge in [0.25, 0.3) is 5.91 Å². The molecule has 0 atom stereocenters. The summed E-state index contributed by atoms with van der Waals surface area (Å²) in [5.74, 6) is -0.366. The highest BCUT2D eigenvalue weighted by atomic mass is 32.1. The molecule has 0 radical (unpaired) electrons. The van der Waals surface area contributed by atoms with E-state index in [2.05, 4.69) is 20.9 Å². The molecule has 12 heteroatoms. The lowest BCUT2D eigenvalue weighted by molar-refractivity contribution is -0.119. The van der Waals surface area contributed by atoms with Gasteiger partial charge >= 0.3 is 0 Å². The minimum atomic E-state index is -0.214. The largest absolute Gasteiger partial charge is 0.378 e. The van der Waals surface area contributed by atoms with Crippen LogP contribution in [-0.4, -0.2) is 89.3 Å². The van der Waals surface area contributed by atoms with Crippen LogP contribution in [0.4, 0.5) is 10.8 Å². The van der Waals surface area contributed by atoms with Crippen molar-refractivity contribution in [2.75, 3.05) is 83.1 Å². The summed E-state index contributed by atoms with van der Waals surface area (Å²) >= 11 is 1.42. The van der Waals surface area contributed by atoms with Gasteiger partial charge in [-0.2, -0.15) is 0 Å². The van der Waals surface area contributed by atoms with E-state index in [1.165, 1.54) is 11.3 Å². The lowest BCUT2D eigenvalue weighted by Gasteiger charge is -2.11. The van der Waals surface area contributed by atoms with Gasteiger partial charge < -0.3 is 35.3 Å². The predicted molar refractivity (Wildman–Crippen MR) is 140 cm³/mol. The van der Waals surface area contributed by atoms with Crippen LogP contribution >= 0.6 is 11.3 Å². The molecule has 1 aromatic carbocycles. The van der Waals surface area contributed by atoms with E-state index in [1.54, 1.807) is 18.3 Å². The number of hydrogen-bond donors (Lipinski definition) is 4. The summed E-state index contributed by atoms with van der Waals surface area (Å²) in [5.41, 5.74) is 7.43. The molecule has 1 aromatic heterocycles. The molecule has 5 N–H and O–H groups in total. The van der Waals surface area contributed by atoms with Crippen molar-refractivity contribution in [1.82, 2.24) is 10.3 Å². The average molecular weight is 524 g/mol. The number of aromatic nitrogens is 1. The fourth-order valence-corrected chi connectivity index (χ4v) is 3.62. The highest BCUT2D eigenvalue weighted by Crippen LogP contribution is 2.20. The third-order valence-electron chi connectivity index (χ3n) is 4.71. The van der Waals surface area contributed by atoms with Gasteiger partial charge in [-0.1, -0.05) is 0 Å². The Kier molecular flexibility index (Phi) is 14.6. The Hall–Kier alpha value is -2.61. The van der Waals surface area contributed by atoms with E-state index in [1.807, 2.05) is 19.9 Å². The number of nitrogens with two attached hydrogens (primary N) is 1. The molecule has 200 valence electrons. The number of nitrogens with zero attached hydrogens (tertiary/aromatic N) is 1. The Morgan fingerprint density at radius 3 is 2.17 bits per heavy atom. The zero-order valence-corrected chi connectivity index (χ0v) is 21.8. The minimum Gasteiger partial charge on any atom is -0.378 e. The first-order chi connectivity index (χ1) is 17.5. The molecular formula is C24H37N5O6S. The molecule has 0 aliphatic heterocycles. The van der Waals surface area contributed by atoms with Crippen molar-refractivity contribution < 1.29 is 28.5 Å². The van der Waals surface area contributed by atoms with Crippen LogP contribution in [0.15, 0.2) is 24.4 Å². The Labute approximate surface area is 216 Å². The second kappa shape index (κ2) is 17.8. The number of amides is 2. The number of hydrogen-bond acceptors (Lipinski definition) is 10. The van der Waals surface area contributed by atoms with Gasteiger partial charge in [-0.05, 0) is 37.6 Å². The fraction of sp³-hybridized carbons (Fsp3) is 0.542. The minimum absolute atomic E-state index is 0.115. The summed E-state index contributed by atoms with van der Waals surface area (Å²) in [6.45, 7) is 8.67. The Morgan fingerprint density at radius 2 is 1.58 bits per heavy atom. The van der Waals surface area contributed by atoms with Crippen LogP contribution in [-0.2, 0) is 23.7 Å². The second-order valence-electron chi connectivity index (χ2n) is 7.70. The number of aryl methyl sites for hydroxylation is 2. The maximum atomic E-state index is 12.5. The summed E-state index contributed by atoms with van der Waals surface area (Å²) in [5, 5.41) is 9.22. The van der Waals surface area contributed by atoms with Crippen molar-refractivity contribution in [3.05, 3.63) is 40.4 Å². The maximum Gasteiger partial charge on any atom is 0.257 e. The standard InChI is InChI=1S/C24H37N5O6S/c1-18-15-20(3-4-21(18)23(31)29-24-28-16-19(2)36-24)27-17-22(30)26-6-8-33-10-12-35-14-13-34-11-9-32-7-5-25/h3-4,15-16,27H,5-14,17,25H2,1-2H3,(H,26,30)(H,28,29,31). The molecule has 2 rings (SSSR count). The lowest BCUT2D eigenvalue weighted by atomic mass is 10.1. The summed E-state index contributed by atoms with van der Waals surface area (Å²) in [6, 6.07) is 5.33. The van der Waals surface area contributed by atoms with Crippen LogP contribution in [0.1, 0.15) is 20.8 Å². The summed E-state index contributed by atoms with van der Waals surface area (Å²) in [6.07, 6.45) is 1.72. The zero-order chi connectivity index (χ0) is 26.0. The topological polar surface area (TPSA) is 146 Å². The molecule has 2 amide bonds. The maximum absolute atomic E-state index is 12.5. The monoisotopic (exact) mass is 523 g/mol. The van der Waals surface area contributed by atoms with Gasteiger partial charge in [0.15, 0.2) is 5.13 Å². The van der Waals surface area contributed by atoms with Gasteiger partial charge in [0.05, 0.1) is 59.4 Å². The molecule has 0 aliphatic carbocycles. The van der Waals surface area contributed by atoms with Crippen molar-refractivity contribution in [3.8, 4) is 0 Å². The van der Waals surface area contributed by atoms with E-state index in [4.69, 9.17) is 24.7 Å². The molecule has 11 nitrogen and oxygen atoms in total. The third kappa shape index (κ3) is 12.4. The van der Waals surface area contributed by atoms with Crippen molar-refractivity contribution in [2.45, 2.75) is 13.8 Å². The lowest BCUT2D eigenvalue weighted by Crippen LogP contribution is -2.32. The first kappa shape index (κ1) is 29.6. The number of carbonyl (C=O) groups excluding carboxylic acids is 2. The smallest absolute Gasteiger partial charge is 0.257 e. The van der Waals surface area contributed by atoms with Gasteiger partial charge in [0.2, 0.25) is 5.91 Å². The van der Waals surface area contributed by atoms with Gasteiger partial charge in [-0.15, -0.1) is 11.3 Å². The van der Waals surface area contributed by atoms with E-state index in [-0.39, 0.29) is 18.4 Å². The Bertz CT molecular complexity index is 926. The van der Waals surface area contributed by atoms with Crippen LogP contribution in [0.25, 0.3) is 0 Å². The average Bonchev–Trinajstić information content (AvgIpc) is 3.27. The highest BCUT2D eigenvalue weighted by Gasteiger charge is 2.12. The fourth-order valence-electron chi connectivity index (χ4n) is 2.96. The number of nitrogens with one attached hydrogen (secondary N) is 3. The van der Waals surface area contributed by atoms with Crippen molar-refractivity contribution in [2.24, 2.45) is 5.73 Å².